The summed E-state index contributed by atoms with van der Waals surface area (Å²) in [6, 6.07) is 2.79. The third kappa shape index (κ3) is 10.7. The van der Waals surface area contributed by atoms with Crippen LogP contribution in [-0.2, 0) is 14.3 Å². The third-order valence-electron chi connectivity index (χ3n) is 4.47. The lowest BCUT2D eigenvalue weighted by atomic mass is 10.1. The average molecular weight is 624 g/mol. The maximum atomic E-state index is 11.2. The highest BCUT2D eigenvalue weighted by Crippen LogP contribution is 2.22. The minimum atomic E-state index is -5.62. The number of nitrogens with zero attached hydrogens (tertiary/aromatic N) is 5. The summed E-state index contributed by atoms with van der Waals surface area (Å²) in [5, 5.41) is 32.5. The topological polar surface area (TPSA) is 241 Å². The Morgan fingerprint density at radius 3 is 1.72 bits per heavy atom. The van der Waals surface area contributed by atoms with Crippen molar-refractivity contribution in [2.45, 2.75) is 33.1 Å². The number of carboxylic acid groups (broad SMARTS) is 2. The van der Waals surface area contributed by atoms with E-state index in [-0.39, 0.29) is 17.0 Å². The Morgan fingerprint density at radius 1 is 0.860 bits per heavy atom. The van der Waals surface area contributed by atoms with E-state index in [1.165, 1.54) is 24.5 Å². The minimum absolute atomic E-state index is 0.00259. The zero-order valence-electron chi connectivity index (χ0n) is 21.7. The van der Waals surface area contributed by atoms with Gasteiger partial charge in [0.15, 0.2) is 5.84 Å². The lowest BCUT2D eigenvalue weighted by Gasteiger charge is -2.06. The molecule has 0 bridgehead atoms. The molecule has 5 N–H and O–H groups in total. The molecule has 0 radical (unpaired) electrons. The Labute approximate surface area is 234 Å². The second kappa shape index (κ2) is 14.3. The number of aromatic carboxylic acids is 2. The largest absolute Gasteiger partial charge is 0.491 e. The quantitative estimate of drug-likeness (QED) is 0.0621. The number of carbonyl (C=O) groups is 4. The normalized spacial score (nSPS) is 11.3. The van der Waals surface area contributed by atoms with Gasteiger partial charge in [-0.15, -0.1) is 0 Å². The molecule has 15 nitrogen and oxygen atoms in total. The molecule has 0 fully saturated rings. The standard InChI is InChI=1S/C10H9N3O3.C8H9N3O3.C4F6O3/c1-5-8(9-12-6(2)16-13-9)3-7(4-11-5)10(14)15;1-4-6(7(9)11-14)2-5(3-10-4)8(12)13;5-3(6,7)1(11)13-2(12)4(8,9)10/h3-4H,1-2H3,(H,14,15);2-3,14H,1H3,(H2,9,11)(H,12,13);. The molecule has 0 aliphatic rings. The van der Waals surface area contributed by atoms with Crippen LogP contribution in [0.1, 0.15) is 43.6 Å². The smallest absolute Gasteiger partial charge is 0.478 e. The van der Waals surface area contributed by atoms with E-state index in [1.807, 2.05) is 0 Å². The molecule has 21 heteroatoms. The first-order valence-electron chi connectivity index (χ1n) is 10.8. The van der Waals surface area contributed by atoms with Crippen LogP contribution in [-0.4, -0.2) is 77.6 Å². The van der Waals surface area contributed by atoms with Crippen molar-refractivity contribution in [2.75, 3.05) is 0 Å². The molecule has 0 aliphatic heterocycles. The molecule has 0 aromatic carbocycles. The van der Waals surface area contributed by atoms with Gasteiger partial charge in [-0.2, -0.15) is 31.3 Å². The molecule has 232 valence electrons. The lowest BCUT2D eigenvalue weighted by molar-refractivity contribution is -0.221. The average Bonchev–Trinajstić information content (AvgIpc) is 3.34. The predicted octanol–water partition coefficient (Wildman–Crippen LogP) is 2.81. The number of oxime groups is 1. The van der Waals surface area contributed by atoms with E-state index >= 15 is 0 Å². The number of alkyl halides is 6. The number of hydrogen-bond acceptors (Lipinski definition) is 12. The van der Waals surface area contributed by atoms with Crippen LogP contribution >= 0.6 is 0 Å². The van der Waals surface area contributed by atoms with E-state index in [0.29, 0.717) is 34.2 Å². The highest BCUT2D eigenvalue weighted by molar-refractivity contribution is 6.00. The van der Waals surface area contributed by atoms with Gasteiger partial charge in [0.25, 0.3) is 0 Å². The first-order chi connectivity index (χ1) is 19.7. The lowest BCUT2D eigenvalue weighted by Crippen LogP contribution is -2.34. The van der Waals surface area contributed by atoms with Crippen LogP contribution in [0, 0.1) is 20.8 Å². The van der Waals surface area contributed by atoms with E-state index < -0.39 is 36.2 Å². The van der Waals surface area contributed by atoms with E-state index in [9.17, 15) is 45.5 Å². The molecule has 0 atom stereocenters. The van der Waals surface area contributed by atoms with E-state index in [1.54, 1.807) is 20.8 Å². The first-order valence-corrected chi connectivity index (χ1v) is 10.8. The van der Waals surface area contributed by atoms with Gasteiger partial charge in [-0.3, -0.25) is 9.97 Å². The van der Waals surface area contributed by atoms with Gasteiger partial charge in [0.2, 0.25) is 11.7 Å². The van der Waals surface area contributed by atoms with Gasteiger partial charge < -0.3 is 30.4 Å². The van der Waals surface area contributed by atoms with E-state index in [0.717, 1.165) is 0 Å². The summed E-state index contributed by atoms with van der Waals surface area (Å²) >= 11 is 0. The Balaban J connectivity index is 0.000000325. The van der Waals surface area contributed by atoms with Crippen molar-refractivity contribution in [2.24, 2.45) is 10.9 Å². The number of hydrogen-bond donors (Lipinski definition) is 4. The fourth-order valence-electron chi connectivity index (χ4n) is 2.45. The van der Waals surface area contributed by atoms with Crippen LogP contribution in [0.2, 0.25) is 0 Å². The summed E-state index contributed by atoms with van der Waals surface area (Å²) in [7, 11) is 0. The molecule has 0 saturated carbocycles. The molecule has 0 aliphatic carbocycles. The van der Waals surface area contributed by atoms with Crippen molar-refractivity contribution in [3.05, 3.63) is 58.5 Å². The van der Waals surface area contributed by atoms with Crippen LogP contribution in [0.25, 0.3) is 11.4 Å². The second-order valence-corrected chi connectivity index (χ2v) is 7.62. The predicted molar refractivity (Wildman–Crippen MR) is 126 cm³/mol. The number of halogens is 6. The van der Waals surface area contributed by atoms with Crippen molar-refractivity contribution in [1.82, 2.24) is 20.1 Å². The maximum Gasteiger partial charge on any atom is 0.491 e. The summed E-state index contributed by atoms with van der Waals surface area (Å²) in [6.45, 7) is 5.06. The Bertz CT molecular complexity index is 1510. The molecule has 3 rings (SSSR count). The molecular formula is C22H18F6N6O9. The van der Waals surface area contributed by atoms with E-state index in [4.69, 9.17) is 25.7 Å². The number of nitrogens with two attached hydrogens (primary N) is 1. The van der Waals surface area contributed by atoms with Gasteiger partial charge in [-0.1, -0.05) is 10.3 Å². The zero-order valence-corrected chi connectivity index (χ0v) is 21.7. The van der Waals surface area contributed by atoms with Crippen molar-refractivity contribution in [3.63, 3.8) is 0 Å². The molecular weight excluding hydrogens is 606 g/mol. The number of carbonyl (C=O) groups excluding carboxylic acids is 2. The highest BCUT2D eigenvalue weighted by atomic mass is 19.4. The zero-order chi connectivity index (χ0) is 33.3. The van der Waals surface area contributed by atoms with Crippen LogP contribution in [0.5, 0.6) is 0 Å². The van der Waals surface area contributed by atoms with Gasteiger partial charge >= 0.3 is 36.2 Å². The van der Waals surface area contributed by atoms with Gasteiger partial charge in [0.05, 0.1) is 11.1 Å². The number of aromatic nitrogens is 4. The number of ether oxygens (including phenoxy) is 1. The van der Waals surface area contributed by atoms with Crippen molar-refractivity contribution in [1.29, 1.82) is 0 Å². The summed E-state index contributed by atoms with van der Waals surface area (Å²) in [6.07, 6.45) is -8.73. The fraction of sp³-hybridized carbons (Fsp3) is 0.227. The number of amidine groups is 1. The maximum absolute atomic E-state index is 11.2. The number of pyridine rings is 2. The molecule has 3 aromatic rings. The number of carboxylic acids is 2. The molecule has 0 amide bonds. The van der Waals surface area contributed by atoms with Crippen LogP contribution in [0.3, 0.4) is 0 Å². The summed E-state index contributed by atoms with van der Waals surface area (Å²) in [5.41, 5.74) is 7.47. The van der Waals surface area contributed by atoms with Gasteiger partial charge in [-0.05, 0) is 26.0 Å². The fourth-order valence-corrected chi connectivity index (χ4v) is 2.45. The Hall–Kier alpha value is -5.63. The molecule has 0 unspecified atom stereocenters. The van der Waals surface area contributed by atoms with Gasteiger partial charge in [0, 0.05) is 41.8 Å². The third-order valence-corrected chi connectivity index (χ3v) is 4.47. The van der Waals surface area contributed by atoms with Gasteiger partial charge in [-0.25, -0.2) is 19.2 Å². The monoisotopic (exact) mass is 624 g/mol. The van der Waals surface area contributed by atoms with Crippen molar-refractivity contribution in [3.8, 4) is 11.4 Å². The number of aryl methyl sites for hydroxylation is 3. The van der Waals surface area contributed by atoms with Crippen LogP contribution < -0.4 is 5.73 Å². The molecule has 0 saturated heterocycles. The van der Waals surface area contributed by atoms with Crippen LogP contribution in [0.4, 0.5) is 26.3 Å². The summed E-state index contributed by atoms with van der Waals surface area (Å²) in [4.78, 5) is 52.5. The molecule has 43 heavy (non-hydrogen) atoms. The second-order valence-electron chi connectivity index (χ2n) is 7.62. The summed E-state index contributed by atoms with van der Waals surface area (Å²) in [5.74, 6) is -7.91. The molecule has 0 spiro atoms. The Kier molecular flexibility index (Phi) is 11.8. The highest BCUT2D eigenvalue weighted by Gasteiger charge is 2.49. The number of rotatable bonds is 4. The van der Waals surface area contributed by atoms with Crippen molar-refractivity contribution < 1.29 is 70.2 Å². The minimum Gasteiger partial charge on any atom is -0.478 e. The van der Waals surface area contributed by atoms with E-state index in [2.05, 4.69) is 30.0 Å². The van der Waals surface area contributed by atoms with Crippen molar-refractivity contribution >= 4 is 29.7 Å². The summed E-state index contributed by atoms with van der Waals surface area (Å²) < 4.78 is 74.5. The molecule has 3 heterocycles. The van der Waals surface area contributed by atoms with Crippen LogP contribution in [0.15, 0.2) is 34.2 Å². The van der Waals surface area contributed by atoms with Gasteiger partial charge in [0.1, 0.15) is 0 Å². The Morgan fingerprint density at radius 2 is 1.33 bits per heavy atom. The first kappa shape index (κ1) is 35.4. The number of esters is 2. The molecule has 3 aromatic heterocycles. The SMILES string of the molecule is Cc1nc(-c2cc(C(=O)O)cnc2C)no1.Cc1ncc(C(=O)O)cc1/C(N)=N/O.O=C(OC(=O)C(F)(F)F)C(F)(F)F.